The highest BCUT2D eigenvalue weighted by Crippen LogP contribution is 2.21. The predicted octanol–water partition coefficient (Wildman–Crippen LogP) is 3.08. The highest BCUT2D eigenvalue weighted by Gasteiger charge is 2.14. The van der Waals surface area contributed by atoms with Crippen LogP contribution in [-0.4, -0.2) is 31.1 Å². The van der Waals surface area contributed by atoms with Crippen molar-refractivity contribution in [3.05, 3.63) is 20.8 Å². The maximum absolute atomic E-state index is 3.55. The van der Waals surface area contributed by atoms with Crippen molar-refractivity contribution in [3.63, 3.8) is 0 Å². The largest absolute Gasteiger partial charge is 0.314 e. The van der Waals surface area contributed by atoms with Crippen LogP contribution >= 0.6 is 27.3 Å². The summed E-state index contributed by atoms with van der Waals surface area (Å²) in [6.07, 6.45) is 3.99. The Morgan fingerprint density at radius 1 is 1.62 bits per heavy atom. The van der Waals surface area contributed by atoms with Gasteiger partial charge in [-0.05, 0) is 72.3 Å². The van der Waals surface area contributed by atoms with Crippen LogP contribution in [0.1, 0.15) is 24.8 Å². The van der Waals surface area contributed by atoms with E-state index in [0.29, 0.717) is 0 Å². The second-order valence-corrected chi connectivity index (χ2v) is 6.87. The van der Waals surface area contributed by atoms with Crippen molar-refractivity contribution in [1.29, 1.82) is 0 Å². The number of rotatable bonds is 5. The molecule has 0 saturated carbocycles. The molecule has 1 fully saturated rings. The van der Waals surface area contributed by atoms with Crippen molar-refractivity contribution in [3.8, 4) is 0 Å². The molecular weight excluding hydrogens is 284 g/mol. The Labute approximate surface area is 110 Å². The number of nitrogens with one attached hydrogen (secondary N) is 1. The van der Waals surface area contributed by atoms with Crippen LogP contribution in [0.25, 0.3) is 0 Å². The summed E-state index contributed by atoms with van der Waals surface area (Å²) in [6, 6.07) is 2.98. The first-order valence-corrected chi connectivity index (χ1v) is 7.56. The normalized spacial score (nSPS) is 20.8. The van der Waals surface area contributed by atoms with Crippen LogP contribution in [0.5, 0.6) is 0 Å². The Balaban J connectivity index is 1.69. The van der Waals surface area contributed by atoms with E-state index in [-0.39, 0.29) is 0 Å². The molecule has 2 nitrogen and oxygen atoms in total. The molecule has 1 aliphatic heterocycles. The predicted molar refractivity (Wildman–Crippen MR) is 74.0 cm³/mol. The molecule has 0 radical (unpaired) electrons. The molecule has 2 heterocycles. The van der Waals surface area contributed by atoms with Gasteiger partial charge >= 0.3 is 0 Å². The minimum absolute atomic E-state index is 0.761. The average Bonchev–Trinajstić information content (AvgIpc) is 2.87. The van der Waals surface area contributed by atoms with Gasteiger partial charge in [-0.25, -0.2) is 0 Å². The second kappa shape index (κ2) is 6.15. The van der Waals surface area contributed by atoms with Crippen LogP contribution < -0.4 is 5.32 Å². The van der Waals surface area contributed by atoms with Crippen LogP contribution in [0.2, 0.25) is 0 Å². The molecule has 4 heteroatoms. The molecule has 2 rings (SSSR count). The molecule has 1 aromatic heterocycles. The van der Waals surface area contributed by atoms with Gasteiger partial charge in [-0.2, -0.15) is 0 Å². The van der Waals surface area contributed by atoms with Gasteiger partial charge in [-0.15, -0.1) is 11.3 Å². The zero-order chi connectivity index (χ0) is 11.4. The first-order valence-electron chi connectivity index (χ1n) is 5.89. The van der Waals surface area contributed by atoms with Gasteiger partial charge in [0, 0.05) is 12.6 Å². The van der Waals surface area contributed by atoms with Gasteiger partial charge in [-0.3, -0.25) is 0 Å². The molecule has 1 aliphatic rings. The summed E-state index contributed by atoms with van der Waals surface area (Å²) >= 11 is 5.27. The molecule has 1 aromatic rings. The maximum Gasteiger partial charge on any atom is 0.0701 e. The molecule has 1 unspecified atom stereocenters. The fraction of sp³-hybridized carbons (Fsp3) is 0.667. The van der Waals surface area contributed by atoms with Crippen molar-refractivity contribution in [2.75, 3.05) is 20.1 Å². The van der Waals surface area contributed by atoms with Crippen LogP contribution in [0.4, 0.5) is 0 Å². The van der Waals surface area contributed by atoms with E-state index in [1.54, 1.807) is 11.3 Å². The molecule has 16 heavy (non-hydrogen) atoms. The van der Waals surface area contributed by atoms with Gasteiger partial charge in [0.05, 0.1) is 3.79 Å². The van der Waals surface area contributed by atoms with Crippen molar-refractivity contribution >= 4 is 27.3 Å². The van der Waals surface area contributed by atoms with E-state index in [4.69, 9.17) is 0 Å². The molecule has 1 N–H and O–H groups in total. The summed E-state index contributed by atoms with van der Waals surface area (Å²) in [5, 5.41) is 5.78. The Hall–Kier alpha value is 0.100. The van der Waals surface area contributed by atoms with Gasteiger partial charge < -0.3 is 10.2 Å². The zero-order valence-electron chi connectivity index (χ0n) is 9.71. The van der Waals surface area contributed by atoms with Gasteiger partial charge in [-0.1, -0.05) is 0 Å². The topological polar surface area (TPSA) is 15.3 Å². The molecule has 90 valence electrons. The summed E-state index contributed by atoms with van der Waals surface area (Å²) in [7, 11) is 2.21. The molecular formula is C12H19BrN2S. The van der Waals surface area contributed by atoms with E-state index in [9.17, 15) is 0 Å². The lowest BCUT2D eigenvalue weighted by Crippen LogP contribution is -2.28. The highest BCUT2D eigenvalue weighted by molar-refractivity contribution is 9.11. The first kappa shape index (κ1) is 12.6. The van der Waals surface area contributed by atoms with E-state index in [2.05, 4.69) is 44.6 Å². The number of thiophene rings is 1. The smallest absolute Gasteiger partial charge is 0.0701 e. The monoisotopic (exact) mass is 302 g/mol. The fourth-order valence-electron chi connectivity index (χ4n) is 2.20. The first-order chi connectivity index (χ1) is 7.74. The summed E-state index contributed by atoms with van der Waals surface area (Å²) in [5.74, 6) is 0. The van der Waals surface area contributed by atoms with Gasteiger partial charge in [0.15, 0.2) is 0 Å². The number of halogens is 1. The Morgan fingerprint density at radius 2 is 2.50 bits per heavy atom. The summed E-state index contributed by atoms with van der Waals surface area (Å²) in [4.78, 5) is 2.41. The lowest BCUT2D eigenvalue weighted by atomic mass is 10.1. The summed E-state index contributed by atoms with van der Waals surface area (Å²) in [5.41, 5.74) is 1.42. The third-order valence-electron chi connectivity index (χ3n) is 3.10. The second-order valence-electron chi connectivity index (χ2n) is 4.58. The standard InChI is InChI=1S/C12H19BrN2S/c1-15(6-4-11-3-2-5-14-11)8-10-7-12(13)16-9-10/h7,9,11,14H,2-6,8H2,1H3. The Bertz CT molecular complexity index is 321. The van der Waals surface area contributed by atoms with Crippen molar-refractivity contribution in [1.82, 2.24) is 10.2 Å². The van der Waals surface area contributed by atoms with E-state index < -0.39 is 0 Å². The van der Waals surface area contributed by atoms with Crippen LogP contribution in [0.15, 0.2) is 15.2 Å². The molecule has 1 saturated heterocycles. The number of hydrogen-bond acceptors (Lipinski definition) is 3. The molecule has 1 atom stereocenters. The number of nitrogens with zero attached hydrogens (tertiary/aromatic N) is 1. The van der Waals surface area contributed by atoms with Gasteiger partial charge in [0.1, 0.15) is 0 Å². The SMILES string of the molecule is CN(CCC1CCCN1)Cc1csc(Br)c1. The van der Waals surface area contributed by atoms with E-state index in [1.165, 1.54) is 41.7 Å². The van der Waals surface area contributed by atoms with Crippen LogP contribution in [0.3, 0.4) is 0 Å². The minimum Gasteiger partial charge on any atom is -0.314 e. The van der Waals surface area contributed by atoms with Crippen LogP contribution in [0, 0.1) is 0 Å². The van der Waals surface area contributed by atoms with E-state index >= 15 is 0 Å². The van der Waals surface area contributed by atoms with Crippen LogP contribution in [-0.2, 0) is 6.54 Å². The molecule has 0 aliphatic carbocycles. The summed E-state index contributed by atoms with van der Waals surface area (Å²) in [6.45, 7) is 3.46. The van der Waals surface area contributed by atoms with Gasteiger partial charge in [0.2, 0.25) is 0 Å². The maximum atomic E-state index is 3.55. The zero-order valence-corrected chi connectivity index (χ0v) is 12.1. The molecule has 0 spiro atoms. The Morgan fingerprint density at radius 3 is 3.12 bits per heavy atom. The van der Waals surface area contributed by atoms with E-state index in [1.807, 2.05) is 0 Å². The summed E-state index contributed by atoms with van der Waals surface area (Å²) < 4.78 is 1.23. The van der Waals surface area contributed by atoms with Gasteiger partial charge in [0.25, 0.3) is 0 Å². The fourth-order valence-corrected chi connectivity index (χ4v) is 3.40. The minimum atomic E-state index is 0.761. The molecule has 0 amide bonds. The van der Waals surface area contributed by atoms with Crippen molar-refractivity contribution < 1.29 is 0 Å². The molecule has 0 bridgehead atoms. The third kappa shape index (κ3) is 3.84. The van der Waals surface area contributed by atoms with Crippen molar-refractivity contribution in [2.45, 2.75) is 31.8 Å². The lowest BCUT2D eigenvalue weighted by molar-refractivity contribution is 0.306. The quantitative estimate of drug-likeness (QED) is 0.899. The molecule has 0 aromatic carbocycles. The van der Waals surface area contributed by atoms with E-state index in [0.717, 1.165) is 12.6 Å². The van der Waals surface area contributed by atoms with Crippen molar-refractivity contribution in [2.24, 2.45) is 0 Å². The lowest BCUT2D eigenvalue weighted by Gasteiger charge is -2.18. The Kier molecular flexibility index (Phi) is 4.82. The highest BCUT2D eigenvalue weighted by atomic mass is 79.9. The number of hydrogen-bond donors (Lipinski definition) is 1. The average molecular weight is 303 g/mol. The third-order valence-corrected chi connectivity index (χ3v) is 4.65.